The van der Waals surface area contributed by atoms with E-state index in [4.69, 9.17) is 0 Å². The standard InChI is InChI=1S/C19H23NO/c1-5-15-9-11-16(12-10-15)19(21)20-18-14(4)7-6-8-17(18)13(2)3/h6-13H,5H2,1-4H3,(H,20,21). The number of nitrogens with one attached hydrogen (secondary N) is 1. The van der Waals surface area contributed by atoms with Crippen molar-refractivity contribution >= 4 is 11.6 Å². The van der Waals surface area contributed by atoms with E-state index < -0.39 is 0 Å². The molecule has 0 saturated heterocycles. The molecule has 2 aromatic carbocycles. The third-order valence-electron chi connectivity index (χ3n) is 3.79. The molecule has 0 radical (unpaired) electrons. The Morgan fingerprint density at radius 3 is 2.33 bits per heavy atom. The summed E-state index contributed by atoms with van der Waals surface area (Å²) in [7, 11) is 0. The van der Waals surface area contributed by atoms with Gasteiger partial charge in [0.25, 0.3) is 5.91 Å². The molecular weight excluding hydrogens is 258 g/mol. The fourth-order valence-electron chi connectivity index (χ4n) is 2.42. The number of anilines is 1. The number of aryl methyl sites for hydroxylation is 2. The number of carbonyl (C=O) groups is 1. The molecule has 0 atom stereocenters. The zero-order valence-corrected chi connectivity index (χ0v) is 13.2. The van der Waals surface area contributed by atoms with Crippen molar-refractivity contribution in [2.45, 2.75) is 40.0 Å². The van der Waals surface area contributed by atoms with Gasteiger partial charge < -0.3 is 5.32 Å². The minimum atomic E-state index is -0.0474. The number of benzene rings is 2. The molecule has 0 unspecified atom stereocenters. The number of para-hydroxylation sites is 1. The zero-order valence-electron chi connectivity index (χ0n) is 13.2. The van der Waals surface area contributed by atoms with Gasteiger partial charge in [0, 0.05) is 11.3 Å². The van der Waals surface area contributed by atoms with Gasteiger partial charge in [-0.3, -0.25) is 4.79 Å². The largest absolute Gasteiger partial charge is 0.321 e. The van der Waals surface area contributed by atoms with E-state index in [2.05, 4.69) is 32.2 Å². The van der Waals surface area contributed by atoms with E-state index in [1.807, 2.05) is 43.3 Å². The summed E-state index contributed by atoms with van der Waals surface area (Å²) < 4.78 is 0. The molecule has 2 heteroatoms. The molecule has 0 aliphatic heterocycles. The monoisotopic (exact) mass is 281 g/mol. The number of hydrogen-bond donors (Lipinski definition) is 1. The van der Waals surface area contributed by atoms with E-state index in [9.17, 15) is 4.79 Å². The Kier molecular flexibility index (Phi) is 4.79. The van der Waals surface area contributed by atoms with Crippen LogP contribution in [0.3, 0.4) is 0 Å². The summed E-state index contributed by atoms with van der Waals surface area (Å²) in [5, 5.41) is 3.07. The van der Waals surface area contributed by atoms with Crippen molar-refractivity contribution in [3.63, 3.8) is 0 Å². The lowest BCUT2D eigenvalue weighted by Gasteiger charge is -2.16. The molecule has 2 nitrogen and oxygen atoms in total. The smallest absolute Gasteiger partial charge is 0.255 e. The van der Waals surface area contributed by atoms with Crippen LogP contribution in [0, 0.1) is 6.92 Å². The Morgan fingerprint density at radius 2 is 1.76 bits per heavy atom. The molecule has 21 heavy (non-hydrogen) atoms. The van der Waals surface area contributed by atoms with Crippen LogP contribution in [-0.2, 0) is 6.42 Å². The second-order valence-electron chi connectivity index (χ2n) is 5.70. The normalized spacial score (nSPS) is 10.7. The van der Waals surface area contributed by atoms with Crippen molar-refractivity contribution < 1.29 is 4.79 Å². The van der Waals surface area contributed by atoms with Crippen molar-refractivity contribution in [1.82, 2.24) is 0 Å². The molecule has 2 aromatic rings. The Balaban J connectivity index is 2.26. The third kappa shape index (κ3) is 3.52. The number of rotatable bonds is 4. The van der Waals surface area contributed by atoms with Gasteiger partial charge in [0.05, 0.1) is 0 Å². The Hall–Kier alpha value is -2.09. The fraction of sp³-hybridized carbons (Fsp3) is 0.316. The van der Waals surface area contributed by atoms with Crippen LogP contribution in [0.4, 0.5) is 5.69 Å². The minimum Gasteiger partial charge on any atom is -0.321 e. The first-order chi connectivity index (χ1) is 10.0. The second kappa shape index (κ2) is 6.57. The highest BCUT2D eigenvalue weighted by Gasteiger charge is 2.13. The van der Waals surface area contributed by atoms with Crippen molar-refractivity contribution in [3.8, 4) is 0 Å². The van der Waals surface area contributed by atoms with E-state index in [0.717, 1.165) is 17.7 Å². The Morgan fingerprint density at radius 1 is 1.10 bits per heavy atom. The van der Waals surface area contributed by atoms with Gasteiger partial charge in [0.15, 0.2) is 0 Å². The van der Waals surface area contributed by atoms with E-state index in [1.165, 1.54) is 11.1 Å². The average Bonchev–Trinajstić information content (AvgIpc) is 2.49. The molecule has 0 spiro atoms. The summed E-state index contributed by atoms with van der Waals surface area (Å²) in [6, 6.07) is 13.9. The van der Waals surface area contributed by atoms with Crippen molar-refractivity contribution in [2.24, 2.45) is 0 Å². The zero-order chi connectivity index (χ0) is 15.4. The van der Waals surface area contributed by atoms with Gasteiger partial charge in [-0.1, -0.05) is 51.1 Å². The van der Waals surface area contributed by atoms with E-state index in [1.54, 1.807) is 0 Å². The van der Waals surface area contributed by atoms with Crippen LogP contribution < -0.4 is 5.32 Å². The molecule has 0 aliphatic carbocycles. The predicted octanol–water partition coefficient (Wildman–Crippen LogP) is 4.93. The van der Waals surface area contributed by atoms with Crippen LogP contribution in [0.1, 0.15) is 53.7 Å². The first-order valence-electron chi connectivity index (χ1n) is 7.52. The summed E-state index contributed by atoms with van der Waals surface area (Å²) in [5.41, 5.74) is 5.15. The molecule has 1 amide bonds. The first-order valence-corrected chi connectivity index (χ1v) is 7.52. The number of amides is 1. The van der Waals surface area contributed by atoms with Crippen molar-refractivity contribution in [3.05, 3.63) is 64.7 Å². The maximum atomic E-state index is 12.4. The van der Waals surface area contributed by atoms with Crippen LogP contribution in [-0.4, -0.2) is 5.91 Å². The van der Waals surface area contributed by atoms with Gasteiger partial charge in [-0.25, -0.2) is 0 Å². The molecule has 0 saturated carbocycles. The van der Waals surface area contributed by atoms with E-state index in [-0.39, 0.29) is 5.91 Å². The van der Waals surface area contributed by atoms with Crippen LogP contribution in [0.25, 0.3) is 0 Å². The highest BCUT2D eigenvalue weighted by molar-refractivity contribution is 6.05. The molecule has 0 aromatic heterocycles. The van der Waals surface area contributed by atoms with E-state index in [0.29, 0.717) is 11.5 Å². The van der Waals surface area contributed by atoms with Crippen molar-refractivity contribution in [1.29, 1.82) is 0 Å². The summed E-state index contributed by atoms with van der Waals surface area (Å²) >= 11 is 0. The molecule has 0 aliphatic rings. The average molecular weight is 281 g/mol. The lowest BCUT2D eigenvalue weighted by atomic mass is 9.98. The highest BCUT2D eigenvalue weighted by atomic mass is 16.1. The van der Waals surface area contributed by atoms with Gasteiger partial charge in [-0.2, -0.15) is 0 Å². The van der Waals surface area contributed by atoms with Gasteiger partial charge in [-0.15, -0.1) is 0 Å². The van der Waals surface area contributed by atoms with Crippen LogP contribution in [0.15, 0.2) is 42.5 Å². The maximum Gasteiger partial charge on any atom is 0.255 e. The molecule has 1 N–H and O–H groups in total. The summed E-state index contributed by atoms with van der Waals surface area (Å²) in [4.78, 5) is 12.4. The molecule has 0 bridgehead atoms. The lowest BCUT2D eigenvalue weighted by molar-refractivity contribution is 0.102. The van der Waals surface area contributed by atoms with Crippen molar-refractivity contribution in [2.75, 3.05) is 5.32 Å². The molecule has 2 rings (SSSR count). The van der Waals surface area contributed by atoms with Crippen LogP contribution >= 0.6 is 0 Å². The summed E-state index contributed by atoms with van der Waals surface area (Å²) in [6.45, 7) is 8.42. The number of carbonyl (C=O) groups excluding carboxylic acids is 1. The summed E-state index contributed by atoms with van der Waals surface area (Å²) in [5.74, 6) is 0.330. The Labute approximate surface area is 127 Å². The lowest BCUT2D eigenvalue weighted by Crippen LogP contribution is -2.14. The van der Waals surface area contributed by atoms with Gasteiger partial charge in [0.2, 0.25) is 0 Å². The maximum absolute atomic E-state index is 12.4. The fourth-order valence-corrected chi connectivity index (χ4v) is 2.42. The third-order valence-corrected chi connectivity index (χ3v) is 3.79. The second-order valence-corrected chi connectivity index (χ2v) is 5.70. The highest BCUT2D eigenvalue weighted by Crippen LogP contribution is 2.27. The first kappa shape index (κ1) is 15.3. The quantitative estimate of drug-likeness (QED) is 0.845. The molecular formula is C19H23NO. The molecule has 110 valence electrons. The molecule has 0 heterocycles. The van der Waals surface area contributed by atoms with Crippen LogP contribution in [0.2, 0.25) is 0 Å². The molecule has 0 fully saturated rings. The number of hydrogen-bond acceptors (Lipinski definition) is 1. The van der Waals surface area contributed by atoms with E-state index >= 15 is 0 Å². The predicted molar refractivity (Wildman–Crippen MR) is 89.0 cm³/mol. The summed E-state index contributed by atoms with van der Waals surface area (Å²) in [6.07, 6.45) is 0.983. The van der Waals surface area contributed by atoms with Crippen LogP contribution in [0.5, 0.6) is 0 Å². The minimum absolute atomic E-state index is 0.0474. The SMILES string of the molecule is CCc1ccc(C(=O)Nc2c(C)cccc2C(C)C)cc1. The van der Waals surface area contributed by atoms with Gasteiger partial charge in [0.1, 0.15) is 0 Å². The topological polar surface area (TPSA) is 29.1 Å². The van der Waals surface area contributed by atoms with Gasteiger partial charge >= 0.3 is 0 Å². The Bertz CT molecular complexity index is 627. The van der Waals surface area contributed by atoms with Gasteiger partial charge in [-0.05, 0) is 48.1 Å².